The van der Waals surface area contributed by atoms with E-state index in [1.54, 1.807) is 0 Å². The monoisotopic (exact) mass is 919 g/mol. The summed E-state index contributed by atoms with van der Waals surface area (Å²) in [4.78, 5) is 38.2. The average Bonchev–Trinajstić information content (AvgIpc) is 3.29. The summed E-state index contributed by atoms with van der Waals surface area (Å²) in [7, 11) is 0. The molecule has 386 valence electrons. The molecule has 0 amide bonds. The van der Waals surface area contributed by atoms with Crippen molar-refractivity contribution in [1.82, 2.24) is 0 Å². The Kier molecular flexibility index (Phi) is 50.5. The van der Waals surface area contributed by atoms with E-state index in [0.29, 0.717) is 19.3 Å². The average molecular weight is 920 g/mol. The topological polar surface area (TPSA) is 78.9 Å². The highest BCUT2D eigenvalue weighted by Gasteiger charge is 2.19. The number of carbonyl (C=O) groups is 3. The van der Waals surface area contributed by atoms with Crippen LogP contribution in [0, 0.1) is 11.8 Å². The van der Waals surface area contributed by atoms with Crippen LogP contribution >= 0.6 is 0 Å². The van der Waals surface area contributed by atoms with Crippen molar-refractivity contribution in [3.8, 4) is 0 Å². The SMILES string of the molecule is CCCCCCCCCCCCCCCCCCC(=O)OC[C@@H](COC(=O)CCCCCCCCCCCCC(C)CC)OC(=O)CCCCCCCCCCCCCCCCC(C)C. The zero-order valence-corrected chi connectivity index (χ0v) is 44.6. The maximum absolute atomic E-state index is 12.9. The number of hydrogen-bond donors (Lipinski definition) is 0. The molecule has 0 rings (SSSR count). The molecule has 0 saturated heterocycles. The van der Waals surface area contributed by atoms with Gasteiger partial charge >= 0.3 is 17.9 Å². The van der Waals surface area contributed by atoms with E-state index in [1.165, 1.54) is 218 Å². The molecular weight excluding hydrogens is 805 g/mol. The highest BCUT2D eigenvalue weighted by molar-refractivity contribution is 5.71. The summed E-state index contributed by atoms with van der Waals surface area (Å²) in [5.74, 6) is 0.875. The van der Waals surface area contributed by atoms with Gasteiger partial charge in [0.05, 0.1) is 0 Å². The van der Waals surface area contributed by atoms with Crippen LogP contribution in [0.25, 0.3) is 0 Å². The van der Waals surface area contributed by atoms with Crippen molar-refractivity contribution in [3.05, 3.63) is 0 Å². The lowest BCUT2D eigenvalue weighted by molar-refractivity contribution is -0.167. The molecule has 0 bridgehead atoms. The smallest absolute Gasteiger partial charge is 0.306 e. The first-order valence-electron chi connectivity index (χ1n) is 29.3. The molecule has 0 aliphatic carbocycles. The Balaban J connectivity index is 4.31. The van der Waals surface area contributed by atoms with E-state index in [1.807, 2.05) is 0 Å². The molecule has 65 heavy (non-hydrogen) atoms. The minimum Gasteiger partial charge on any atom is -0.462 e. The molecule has 0 aliphatic rings. The summed E-state index contributed by atoms with van der Waals surface area (Å²) in [6, 6.07) is 0. The molecule has 0 aromatic heterocycles. The van der Waals surface area contributed by atoms with E-state index >= 15 is 0 Å². The van der Waals surface area contributed by atoms with E-state index in [2.05, 4.69) is 34.6 Å². The fraction of sp³-hybridized carbons (Fsp3) is 0.949. The number of ether oxygens (including phenoxy) is 3. The van der Waals surface area contributed by atoms with E-state index in [-0.39, 0.29) is 31.1 Å². The van der Waals surface area contributed by atoms with Gasteiger partial charge in [0.15, 0.2) is 6.10 Å². The van der Waals surface area contributed by atoms with Crippen molar-refractivity contribution in [2.75, 3.05) is 13.2 Å². The zero-order chi connectivity index (χ0) is 47.5. The van der Waals surface area contributed by atoms with Crippen LogP contribution in [0.1, 0.15) is 330 Å². The van der Waals surface area contributed by atoms with Gasteiger partial charge in [-0.3, -0.25) is 14.4 Å². The second kappa shape index (κ2) is 51.8. The lowest BCUT2D eigenvalue weighted by Crippen LogP contribution is -2.30. The van der Waals surface area contributed by atoms with Crippen LogP contribution in [0.3, 0.4) is 0 Å². The highest BCUT2D eigenvalue weighted by Crippen LogP contribution is 2.19. The van der Waals surface area contributed by atoms with Gasteiger partial charge in [0.2, 0.25) is 0 Å². The molecule has 1 unspecified atom stereocenters. The lowest BCUT2D eigenvalue weighted by Gasteiger charge is -2.18. The summed E-state index contributed by atoms with van der Waals surface area (Å²) >= 11 is 0. The molecule has 0 spiro atoms. The normalized spacial score (nSPS) is 12.5. The Bertz CT molecular complexity index is 995. The minimum atomic E-state index is -0.763. The molecule has 0 aliphatic heterocycles. The fourth-order valence-corrected chi connectivity index (χ4v) is 9.02. The first-order chi connectivity index (χ1) is 31.8. The van der Waals surface area contributed by atoms with Crippen molar-refractivity contribution in [1.29, 1.82) is 0 Å². The van der Waals surface area contributed by atoms with Crippen LogP contribution < -0.4 is 0 Å². The zero-order valence-electron chi connectivity index (χ0n) is 44.6. The van der Waals surface area contributed by atoms with Crippen molar-refractivity contribution < 1.29 is 28.6 Å². The van der Waals surface area contributed by atoms with E-state index in [0.717, 1.165) is 69.6 Å². The van der Waals surface area contributed by atoms with E-state index in [4.69, 9.17) is 14.2 Å². The Labute approximate surface area is 406 Å². The van der Waals surface area contributed by atoms with Gasteiger partial charge in [0, 0.05) is 19.3 Å². The van der Waals surface area contributed by atoms with Crippen molar-refractivity contribution >= 4 is 17.9 Å². The van der Waals surface area contributed by atoms with Crippen LogP contribution in [0.2, 0.25) is 0 Å². The summed E-state index contributed by atoms with van der Waals surface area (Å²) in [6.45, 7) is 11.4. The molecule has 0 saturated carbocycles. The molecule has 6 heteroatoms. The molecule has 0 fully saturated rings. The third kappa shape index (κ3) is 51.6. The van der Waals surface area contributed by atoms with Crippen molar-refractivity contribution in [2.24, 2.45) is 11.8 Å². The standard InChI is InChI=1S/C59H114O6/c1-6-8-9-10-11-12-13-14-15-16-20-23-29-34-39-44-49-57(60)63-52-56(53-64-58(61)50-45-40-35-30-26-25-28-33-38-43-48-55(5)7-2)65-59(62)51-46-41-36-31-24-21-18-17-19-22-27-32-37-42-47-54(3)4/h54-56H,6-53H2,1-5H3/t55?,56-/m0/s1. The second-order valence-electron chi connectivity index (χ2n) is 21.0. The van der Waals surface area contributed by atoms with Crippen molar-refractivity contribution in [2.45, 2.75) is 336 Å². The highest BCUT2D eigenvalue weighted by atomic mass is 16.6. The van der Waals surface area contributed by atoms with Gasteiger partial charge in [-0.15, -0.1) is 0 Å². The number of rotatable bonds is 53. The van der Waals surface area contributed by atoms with Gasteiger partial charge in [-0.25, -0.2) is 0 Å². The van der Waals surface area contributed by atoms with Crippen LogP contribution in [0.5, 0.6) is 0 Å². The van der Waals surface area contributed by atoms with Gasteiger partial charge in [-0.1, -0.05) is 291 Å². The number of hydrogen-bond acceptors (Lipinski definition) is 6. The summed E-state index contributed by atoms with van der Waals surface area (Å²) in [5, 5.41) is 0. The number of carbonyl (C=O) groups excluding carboxylic acids is 3. The Morgan fingerprint density at radius 2 is 0.585 bits per heavy atom. The van der Waals surface area contributed by atoms with Gasteiger partial charge in [0.25, 0.3) is 0 Å². The third-order valence-corrected chi connectivity index (χ3v) is 13.8. The van der Waals surface area contributed by atoms with Crippen molar-refractivity contribution in [3.63, 3.8) is 0 Å². The molecule has 6 nitrogen and oxygen atoms in total. The van der Waals surface area contributed by atoms with Gasteiger partial charge in [-0.05, 0) is 31.1 Å². The third-order valence-electron chi connectivity index (χ3n) is 13.8. The van der Waals surface area contributed by atoms with Crippen LogP contribution in [0.4, 0.5) is 0 Å². The summed E-state index contributed by atoms with van der Waals surface area (Å²) in [6.07, 6.45) is 55.1. The number of esters is 3. The summed E-state index contributed by atoms with van der Waals surface area (Å²) in [5.41, 5.74) is 0. The molecule has 0 radical (unpaired) electrons. The van der Waals surface area contributed by atoms with Gasteiger partial charge in [-0.2, -0.15) is 0 Å². The van der Waals surface area contributed by atoms with Crippen LogP contribution in [-0.4, -0.2) is 37.2 Å². The molecule has 0 heterocycles. The van der Waals surface area contributed by atoms with E-state index < -0.39 is 6.10 Å². The maximum atomic E-state index is 12.9. The molecule has 2 atom stereocenters. The molecule has 0 N–H and O–H groups in total. The largest absolute Gasteiger partial charge is 0.462 e. The van der Waals surface area contributed by atoms with Gasteiger partial charge < -0.3 is 14.2 Å². The molecular formula is C59H114O6. The first-order valence-corrected chi connectivity index (χ1v) is 29.3. The fourth-order valence-electron chi connectivity index (χ4n) is 9.02. The Hall–Kier alpha value is -1.59. The predicted molar refractivity (Wildman–Crippen MR) is 280 cm³/mol. The van der Waals surface area contributed by atoms with E-state index in [9.17, 15) is 14.4 Å². The quantitative estimate of drug-likeness (QED) is 0.0344. The second-order valence-corrected chi connectivity index (χ2v) is 21.0. The number of unbranched alkanes of at least 4 members (excludes halogenated alkanes) is 37. The minimum absolute atomic E-state index is 0.0626. The first kappa shape index (κ1) is 63.4. The Morgan fingerprint density at radius 1 is 0.323 bits per heavy atom. The predicted octanol–water partition coefficient (Wildman–Crippen LogP) is 19.3. The maximum Gasteiger partial charge on any atom is 0.306 e. The molecule has 0 aromatic rings. The summed E-state index contributed by atoms with van der Waals surface area (Å²) < 4.78 is 16.9. The molecule has 0 aromatic carbocycles. The van der Waals surface area contributed by atoms with Gasteiger partial charge in [0.1, 0.15) is 13.2 Å². The Morgan fingerprint density at radius 3 is 0.877 bits per heavy atom. The van der Waals surface area contributed by atoms with Crippen LogP contribution in [0.15, 0.2) is 0 Å². The van der Waals surface area contributed by atoms with Crippen LogP contribution in [-0.2, 0) is 28.6 Å². The lowest BCUT2D eigenvalue weighted by atomic mass is 9.99.